The number of nitrogens with one attached hydrogen (secondary N) is 1. The zero-order valence-electron chi connectivity index (χ0n) is 18.8. The van der Waals surface area contributed by atoms with Gasteiger partial charge in [0.25, 0.3) is 0 Å². The average Bonchev–Trinajstić information content (AvgIpc) is 3.34. The molecule has 2 aromatic heterocycles. The summed E-state index contributed by atoms with van der Waals surface area (Å²) in [5.41, 5.74) is 2.88. The largest absolute Gasteiger partial charge is 0.416 e. The quantitative estimate of drug-likeness (QED) is 0.540. The third-order valence-electron chi connectivity index (χ3n) is 7.07. The molecular formula is C25H23F3N4O2S. The zero-order valence-corrected chi connectivity index (χ0v) is 19.6. The van der Waals surface area contributed by atoms with E-state index in [1.54, 1.807) is 12.3 Å². The number of alkyl halides is 3. The molecule has 0 bridgehead atoms. The van der Waals surface area contributed by atoms with Gasteiger partial charge < -0.3 is 10.2 Å². The number of hydrogen-bond donors (Lipinski definition) is 1. The van der Waals surface area contributed by atoms with Gasteiger partial charge in [0.05, 0.1) is 28.4 Å². The highest BCUT2D eigenvalue weighted by atomic mass is 32.1. The first-order valence-electron chi connectivity index (χ1n) is 11.7. The van der Waals surface area contributed by atoms with E-state index in [4.69, 9.17) is 0 Å². The number of aryl methyl sites for hydroxylation is 1. The summed E-state index contributed by atoms with van der Waals surface area (Å²) in [6, 6.07) is 6.44. The lowest BCUT2D eigenvalue weighted by Crippen LogP contribution is -2.58. The molecule has 6 nitrogen and oxygen atoms in total. The number of likely N-dealkylation sites (tertiary alicyclic amines) is 1. The molecule has 0 saturated carbocycles. The maximum Gasteiger partial charge on any atom is 0.416 e. The lowest BCUT2D eigenvalue weighted by molar-refractivity contribution is -0.139. The summed E-state index contributed by atoms with van der Waals surface area (Å²) < 4.78 is 42.5. The van der Waals surface area contributed by atoms with Crippen molar-refractivity contribution in [2.75, 3.05) is 24.5 Å². The Bertz CT molecular complexity index is 1330. The van der Waals surface area contributed by atoms with Crippen LogP contribution >= 0.6 is 11.3 Å². The first-order chi connectivity index (χ1) is 16.8. The molecule has 0 unspecified atom stereocenters. The second kappa shape index (κ2) is 8.30. The third-order valence-corrected chi connectivity index (χ3v) is 8.21. The molecule has 5 heterocycles. The molecule has 10 heteroatoms. The van der Waals surface area contributed by atoms with Crippen LogP contribution in [0.25, 0.3) is 21.3 Å². The zero-order chi connectivity index (χ0) is 24.3. The Kier molecular flexibility index (Phi) is 5.33. The van der Waals surface area contributed by atoms with Crippen LogP contribution in [0.2, 0.25) is 0 Å². The first kappa shape index (κ1) is 22.5. The van der Waals surface area contributed by atoms with E-state index in [-0.39, 0.29) is 37.2 Å². The summed E-state index contributed by atoms with van der Waals surface area (Å²) in [7, 11) is 0. The minimum Gasteiger partial charge on any atom is -0.365 e. The molecule has 3 aromatic rings. The predicted molar refractivity (Wildman–Crippen MR) is 127 cm³/mol. The molecule has 2 saturated heterocycles. The van der Waals surface area contributed by atoms with Crippen LogP contribution in [0.4, 0.5) is 18.9 Å². The molecule has 0 spiro atoms. The number of amides is 2. The fourth-order valence-corrected chi connectivity index (χ4v) is 6.37. The van der Waals surface area contributed by atoms with E-state index < -0.39 is 11.7 Å². The molecule has 1 N–H and O–H groups in total. The number of anilines is 1. The van der Waals surface area contributed by atoms with Crippen LogP contribution in [0.3, 0.4) is 0 Å². The maximum absolute atomic E-state index is 13.9. The number of halogens is 3. The van der Waals surface area contributed by atoms with Crippen LogP contribution in [0.1, 0.15) is 35.3 Å². The number of thiophene rings is 1. The van der Waals surface area contributed by atoms with E-state index in [2.05, 4.69) is 15.2 Å². The lowest BCUT2D eigenvalue weighted by Gasteiger charge is -2.44. The Balaban J connectivity index is 1.50. The molecule has 3 aliphatic heterocycles. The number of imide groups is 1. The van der Waals surface area contributed by atoms with Gasteiger partial charge >= 0.3 is 6.18 Å². The second-order valence-electron chi connectivity index (χ2n) is 9.30. The average molecular weight is 501 g/mol. The SMILES string of the molecule is O=C1CCC(=O)N1Cc1cc2nccc(-c3cc(C(F)(F)F)cc4c3N(C3CNC3)CCC4)c2s1. The van der Waals surface area contributed by atoms with Crippen molar-refractivity contribution >= 4 is 39.1 Å². The number of pyridine rings is 1. The number of fused-ring (bicyclic) bond motifs is 2. The molecule has 1 aromatic carbocycles. The summed E-state index contributed by atoms with van der Waals surface area (Å²) in [5.74, 6) is -0.394. The van der Waals surface area contributed by atoms with E-state index in [1.165, 1.54) is 28.4 Å². The van der Waals surface area contributed by atoms with Crippen LogP contribution in [0.15, 0.2) is 30.5 Å². The fraction of sp³-hybridized carbons (Fsp3) is 0.400. The Morgan fingerprint density at radius 1 is 1.06 bits per heavy atom. The summed E-state index contributed by atoms with van der Waals surface area (Å²) in [4.78, 5) is 32.9. The van der Waals surface area contributed by atoms with Gasteiger partial charge in [0.15, 0.2) is 0 Å². The molecule has 2 fully saturated rings. The molecule has 0 radical (unpaired) electrons. The molecule has 182 valence electrons. The van der Waals surface area contributed by atoms with E-state index in [0.29, 0.717) is 23.1 Å². The summed E-state index contributed by atoms with van der Waals surface area (Å²) in [5, 5.41) is 3.27. The van der Waals surface area contributed by atoms with Gasteiger partial charge in [-0.15, -0.1) is 11.3 Å². The van der Waals surface area contributed by atoms with Crippen molar-refractivity contribution in [1.82, 2.24) is 15.2 Å². The van der Waals surface area contributed by atoms with Crippen LogP contribution in [-0.4, -0.2) is 47.4 Å². The first-order valence-corrected chi connectivity index (χ1v) is 12.5. The number of aromatic nitrogens is 1. The van der Waals surface area contributed by atoms with Crippen LogP contribution in [0.5, 0.6) is 0 Å². The van der Waals surface area contributed by atoms with Gasteiger partial charge in [-0.25, -0.2) is 0 Å². The highest BCUT2D eigenvalue weighted by Crippen LogP contribution is 2.46. The summed E-state index contributed by atoms with van der Waals surface area (Å²) >= 11 is 1.38. The van der Waals surface area contributed by atoms with E-state index in [9.17, 15) is 22.8 Å². The van der Waals surface area contributed by atoms with E-state index in [1.807, 2.05) is 6.07 Å². The topological polar surface area (TPSA) is 65.5 Å². The van der Waals surface area contributed by atoms with Crippen LogP contribution in [0, 0.1) is 0 Å². The van der Waals surface area contributed by atoms with Gasteiger partial charge in [-0.05, 0) is 42.7 Å². The van der Waals surface area contributed by atoms with Crippen molar-refractivity contribution in [3.63, 3.8) is 0 Å². The van der Waals surface area contributed by atoms with Crippen LogP contribution in [-0.2, 0) is 28.7 Å². The van der Waals surface area contributed by atoms with Crippen molar-refractivity contribution in [2.45, 2.75) is 44.4 Å². The van der Waals surface area contributed by atoms with Crippen molar-refractivity contribution in [3.8, 4) is 11.1 Å². The molecule has 3 aliphatic rings. The van der Waals surface area contributed by atoms with Crippen molar-refractivity contribution in [2.24, 2.45) is 0 Å². The van der Waals surface area contributed by atoms with Crippen molar-refractivity contribution < 1.29 is 22.8 Å². The Hall–Kier alpha value is -2.98. The van der Waals surface area contributed by atoms with Gasteiger partial charge in [0, 0.05) is 60.4 Å². The molecule has 35 heavy (non-hydrogen) atoms. The van der Waals surface area contributed by atoms with Gasteiger partial charge in [-0.3, -0.25) is 19.5 Å². The van der Waals surface area contributed by atoms with Crippen molar-refractivity contribution in [3.05, 3.63) is 46.5 Å². The lowest BCUT2D eigenvalue weighted by atomic mass is 9.90. The fourth-order valence-electron chi connectivity index (χ4n) is 5.24. The second-order valence-corrected chi connectivity index (χ2v) is 10.4. The number of carbonyl (C=O) groups excluding carboxylic acids is 2. The molecular weight excluding hydrogens is 477 g/mol. The minimum atomic E-state index is -4.45. The Labute approximate surface area is 203 Å². The number of carbonyl (C=O) groups is 2. The number of benzene rings is 1. The third kappa shape index (κ3) is 3.88. The normalized spacial score (nSPS) is 18.9. The monoisotopic (exact) mass is 500 g/mol. The van der Waals surface area contributed by atoms with Gasteiger partial charge in [-0.2, -0.15) is 13.2 Å². The molecule has 0 atom stereocenters. The molecule has 6 rings (SSSR count). The van der Waals surface area contributed by atoms with Crippen LogP contribution < -0.4 is 10.2 Å². The molecule has 0 aliphatic carbocycles. The molecule has 2 amide bonds. The Morgan fingerprint density at radius 3 is 2.51 bits per heavy atom. The number of nitrogens with zero attached hydrogens (tertiary/aromatic N) is 3. The highest BCUT2D eigenvalue weighted by molar-refractivity contribution is 7.19. The van der Waals surface area contributed by atoms with Gasteiger partial charge in [0.1, 0.15) is 0 Å². The summed E-state index contributed by atoms with van der Waals surface area (Å²) in [6.45, 7) is 2.60. The number of rotatable bonds is 4. The summed E-state index contributed by atoms with van der Waals surface area (Å²) in [6.07, 6.45) is -0.980. The van der Waals surface area contributed by atoms with Gasteiger partial charge in [0.2, 0.25) is 11.8 Å². The van der Waals surface area contributed by atoms with E-state index in [0.717, 1.165) is 46.9 Å². The predicted octanol–water partition coefficient (Wildman–Crippen LogP) is 4.36. The van der Waals surface area contributed by atoms with Gasteiger partial charge in [-0.1, -0.05) is 0 Å². The standard InChI is InChI=1S/C25H23F3N4O2S/c26-25(27,28)15-8-14-2-1-7-31(16-11-29-12-16)23(14)19(9-15)18-5-6-30-20-10-17(35-24(18)20)13-32-21(33)3-4-22(32)34/h5-6,8-10,16,29H,1-4,7,11-13H2. The van der Waals surface area contributed by atoms with E-state index >= 15 is 0 Å². The Morgan fingerprint density at radius 2 is 1.83 bits per heavy atom. The maximum atomic E-state index is 13.9. The highest BCUT2D eigenvalue weighted by Gasteiger charge is 2.36. The minimum absolute atomic E-state index is 0.165. The smallest absolute Gasteiger partial charge is 0.365 e. The van der Waals surface area contributed by atoms with Crippen molar-refractivity contribution in [1.29, 1.82) is 0 Å². The number of hydrogen-bond acceptors (Lipinski definition) is 6.